The summed E-state index contributed by atoms with van der Waals surface area (Å²) in [4.78, 5) is 14.9. The molecule has 1 saturated heterocycles. The van der Waals surface area contributed by atoms with E-state index in [1.54, 1.807) is 0 Å². The Morgan fingerprint density at radius 3 is 3.00 bits per heavy atom. The van der Waals surface area contributed by atoms with Crippen LogP contribution >= 0.6 is 11.3 Å². The lowest BCUT2D eigenvalue weighted by Crippen LogP contribution is -2.26. The van der Waals surface area contributed by atoms with Crippen molar-refractivity contribution in [2.45, 2.75) is 32.1 Å². The molecule has 0 saturated carbocycles. The summed E-state index contributed by atoms with van der Waals surface area (Å²) in [5.41, 5.74) is 0.793. The first kappa shape index (κ1) is 14.5. The van der Waals surface area contributed by atoms with Crippen LogP contribution in [0.4, 0.5) is 0 Å². The molecule has 0 bridgehead atoms. The number of aromatic nitrogens is 1. The van der Waals surface area contributed by atoms with E-state index >= 15 is 0 Å². The summed E-state index contributed by atoms with van der Waals surface area (Å²) in [6, 6.07) is 0. The van der Waals surface area contributed by atoms with Gasteiger partial charge in [0.1, 0.15) is 0 Å². The molecule has 7 heteroatoms. The first-order valence-corrected chi connectivity index (χ1v) is 9.00. The summed E-state index contributed by atoms with van der Waals surface area (Å²) < 4.78 is 23.1. The molecular formula is C12H17NO4S2. The molecule has 5 nitrogen and oxygen atoms in total. The summed E-state index contributed by atoms with van der Waals surface area (Å²) >= 11 is 1.50. The molecule has 1 aliphatic rings. The van der Waals surface area contributed by atoms with Gasteiger partial charge in [-0.05, 0) is 18.8 Å². The third-order valence-corrected chi connectivity index (χ3v) is 6.02. The molecule has 0 radical (unpaired) electrons. The number of carbonyl (C=O) groups is 1. The largest absolute Gasteiger partial charge is 0.481 e. The number of thiazole rings is 1. The quantitative estimate of drug-likeness (QED) is 0.891. The van der Waals surface area contributed by atoms with Gasteiger partial charge in [-0.1, -0.05) is 0 Å². The molecule has 106 valence electrons. The molecule has 0 spiro atoms. The number of aryl methyl sites for hydroxylation is 1. The van der Waals surface area contributed by atoms with E-state index in [0.717, 1.165) is 23.5 Å². The van der Waals surface area contributed by atoms with Crippen LogP contribution < -0.4 is 0 Å². The van der Waals surface area contributed by atoms with Crippen molar-refractivity contribution in [1.29, 1.82) is 0 Å². The monoisotopic (exact) mass is 303 g/mol. The maximum Gasteiger partial charge on any atom is 0.303 e. The zero-order chi connectivity index (χ0) is 13.9. The van der Waals surface area contributed by atoms with Crippen molar-refractivity contribution in [3.63, 3.8) is 0 Å². The molecule has 1 fully saturated rings. The molecule has 2 rings (SSSR count). The normalized spacial score (nSPS) is 22.2. The van der Waals surface area contributed by atoms with Crippen LogP contribution in [0.3, 0.4) is 0 Å². The van der Waals surface area contributed by atoms with Crippen LogP contribution in [0, 0.1) is 5.92 Å². The summed E-state index contributed by atoms with van der Waals surface area (Å²) in [6.45, 7) is 0. The van der Waals surface area contributed by atoms with E-state index in [-0.39, 0.29) is 18.1 Å². The number of hydrogen-bond donors (Lipinski definition) is 1. The maximum absolute atomic E-state index is 11.6. The summed E-state index contributed by atoms with van der Waals surface area (Å²) in [6.07, 6.45) is 2.89. The Hall–Kier alpha value is -0.950. The van der Waals surface area contributed by atoms with Gasteiger partial charge < -0.3 is 5.11 Å². The molecule has 1 aromatic heterocycles. The van der Waals surface area contributed by atoms with Gasteiger partial charge in [0.25, 0.3) is 0 Å². The van der Waals surface area contributed by atoms with E-state index in [2.05, 4.69) is 4.98 Å². The van der Waals surface area contributed by atoms with E-state index in [1.165, 1.54) is 11.3 Å². The predicted molar refractivity (Wildman–Crippen MR) is 73.2 cm³/mol. The minimum atomic E-state index is -2.87. The average Bonchev–Trinajstić information content (AvgIpc) is 2.73. The molecular weight excluding hydrogens is 286 g/mol. The maximum atomic E-state index is 11.6. The Morgan fingerprint density at radius 2 is 2.32 bits per heavy atom. The van der Waals surface area contributed by atoms with Crippen molar-refractivity contribution in [3.05, 3.63) is 16.1 Å². The standard InChI is InChI=1S/C12H17NO4S2/c14-12(15)4-3-10-7-18-11(13-10)6-9-2-1-5-19(16,17)8-9/h7,9H,1-6,8H2,(H,14,15). The lowest BCUT2D eigenvalue weighted by atomic mass is 10.0. The van der Waals surface area contributed by atoms with Crippen LogP contribution in [0.5, 0.6) is 0 Å². The van der Waals surface area contributed by atoms with Gasteiger partial charge in [-0.25, -0.2) is 13.4 Å². The van der Waals surface area contributed by atoms with E-state index in [4.69, 9.17) is 5.11 Å². The fraction of sp³-hybridized carbons (Fsp3) is 0.667. The number of carboxylic acid groups (broad SMARTS) is 1. The van der Waals surface area contributed by atoms with Gasteiger partial charge in [0, 0.05) is 18.2 Å². The molecule has 1 unspecified atom stereocenters. The molecule has 0 amide bonds. The van der Waals surface area contributed by atoms with E-state index < -0.39 is 15.8 Å². The zero-order valence-corrected chi connectivity index (χ0v) is 12.2. The van der Waals surface area contributed by atoms with E-state index in [0.29, 0.717) is 18.6 Å². The van der Waals surface area contributed by atoms with Gasteiger partial charge in [-0.3, -0.25) is 4.79 Å². The van der Waals surface area contributed by atoms with Crippen LogP contribution in [-0.2, 0) is 27.5 Å². The number of carboxylic acids is 1. The number of rotatable bonds is 5. The third kappa shape index (κ3) is 4.58. The van der Waals surface area contributed by atoms with E-state index in [1.807, 2.05) is 5.38 Å². The molecule has 0 aromatic carbocycles. The fourth-order valence-electron chi connectivity index (χ4n) is 2.32. The highest BCUT2D eigenvalue weighted by atomic mass is 32.2. The van der Waals surface area contributed by atoms with Crippen LogP contribution in [-0.4, -0.2) is 36.0 Å². The second kappa shape index (κ2) is 6.00. The molecule has 2 heterocycles. The van der Waals surface area contributed by atoms with Crippen LogP contribution in [0.15, 0.2) is 5.38 Å². The number of hydrogen-bond acceptors (Lipinski definition) is 5. The molecule has 1 aliphatic heterocycles. The number of sulfone groups is 1. The van der Waals surface area contributed by atoms with Crippen LogP contribution in [0.2, 0.25) is 0 Å². The van der Waals surface area contributed by atoms with Crippen LogP contribution in [0.1, 0.15) is 30.0 Å². The van der Waals surface area contributed by atoms with Gasteiger partial charge in [0.05, 0.1) is 28.6 Å². The Balaban J connectivity index is 1.91. The van der Waals surface area contributed by atoms with Gasteiger partial charge in [0.2, 0.25) is 0 Å². The van der Waals surface area contributed by atoms with E-state index in [9.17, 15) is 13.2 Å². The van der Waals surface area contributed by atoms with Crippen molar-refractivity contribution >= 4 is 27.1 Å². The predicted octanol–water partition coefficient (Wildman–Crippen LogP) is 1.53. The van der Waals surface area contributed by atoms with Crippen molar-refractivity contribution < 1.29 is 18.3 Å². The second-order valence-electron chi connectivity index (χ2n) is 4.95. The highest BCUT2D eigenvalue weighted by Crippen LogP contribution is 2.24. The minimum Gasteiger partial charge on any atom is -0.481 e. The number of aliphatic carboxylic acids is 1. The third-order valence-electron chi connectivity index (χ3n) is 3.21. The fourth-order valence-corrected chi connectivity index (χ4v) is 5.04. The highest BCUT2D eigenvalue weighted by molar-refractivity contribution is 7.91. The summed E-state index contributed by atoms with van der Waals surface area (Å²) in [5, 5.41) is 11.4. The number of nitrogens with zero attached hydrogens (tertiary/aromatic N) is 1. The van der Waals surface area contributed by atoms with Gasteiger partial charge >= 0.3 is 5.97 Å². The molecule has 19 heavy (non-hydrogen) atoms. The Bertz CT molecular complexity index is 550. The van der Waals surface area contributed by atoms with Crippen molar-refractivity contribution in [2.75, 3.05) is 11.5 Å². The zero-order valence-electron chi connectivity index (χ0n) is 10.5. The average molecular weight is 303 g/mol. The Labute approximate surface area is 116 Å². The first-order valence-electron chi connectivity index (χ1n) is 6.30. The lowest BCUT2D eigenvalue weighted by molar-refractivity contribution is -0.136. The van der Waals surface area contributed by atoms with Crippen molar-refractivity contribution in [2.24, 2.45) is 5.92 Å². The summed E-state index contributed by atoms with van der Waals surface area (Å²) in [7, 11) is -2.87. The summed E-state index contributed by atoms with van der Waals surface area (Å²) in [5.74, 6) is -0.0902. The lowest BCUT2D eigenvalue weighted by Gasteiger charge is -2.20. The van der Waals surface area contributed by atoms with Crippen molar-refractivity contribution in [3.8, 4) is 0 Å². The SMILES string of the molecule is O=C(O)CCc1csc(CC2CCCS(=O)(=O)C2)n1. The van der Waals surface area contributed by atoms with Gasteiger partial charge in [-0.15, -0.1) is 11.3 Å². The Morgan fingerprint density at radius 1 is 1.53 bits per heavy atom. The molecule has 0 aliphatic carbocycles. The van der Waals surface area contributed by atoms with Gasteiger partial charge in [0.15, 0.2) is 9.84 Å². The smallest absolute Gasteiger partial charge is 0.303 e. The minimum absolute atomic E-state index is 0.0843. The molecule has 1 aromatic rings. The second-order valence-corrected chi connectivity index (χ2v) is 8.12. The topological polar surface area (TPSA) is 84.3 Å². The molecule has 1 atom stereocenters. The Kier molecular flexibility index (Phi) is 4.57. The van der Waals surface area contributed by atoms with Crippen LogP contribution in [0.25, 0.3) is 0 Å². The van der Waals surface area contributed by atoms with Crippen molar-refractivity contribution in [1.82, 2.24) is 4.98 Å². The highest BCUT2D eigenvalue weighted by Gasteiger charge is 2.25. The first-order chi connectivity index (χ1) is 8.94. The van der Waals surface area contributed by atoms with Gasteiger partial charge in [-0.2, -0.15) is 0 Å². The molecule has 1 N–H and O–H groups in total.